The second-order valence-corrected chi connectivity index (χ2v) is 14.1. The van der Waals surface area contributed by atoms with Gasteiger partial charge in [0, 0.05) is 29.5 Å². The summed E-state index contributed by atoms with van der Waals surface area (Å²) in [5.41, 5.74) is -1.20. The number of fused-ring (bicyclic) bond motifs is 5. The number of phenolic OH excluding ortho intramolecular Hbond substituents is 1. The van der Waals surface area contributed by atoms with E-state index in [2.05, 4.69) is 25.7 Å². The van der Waals surface area contributed by atoms with E-state index in [9.17, 15) is 19.0 Å². The first-order valence-electron chi connectivity index (χ1n) is 16.6. The summed E-state index contributed by atoms with van der Waals surface area (Å²) in [5.74, 6) is 1.20. The van der Waals surface area contributed by atoms with Crippen LogP contribution in [-0.2, 0) is 0 Å². The maximum absolute atomic E-state index is 17.2. The third kappa shape index (κ3) is 4.43. The van der Waals surface area contributed by atoms with Crippen molar-refractivity contribution in [3.63, 3.8) is 0 Å². The number of aromatic nitrogens is 3. The van der Waals surface area contributed by atoms with Crippen LogP contribution in [0.4, 0.5) is 19.0 Å². The van der Waals surface area contributed by atoms with Gasteiger partial charge in [0.2, 0.25) is 5.88 Å². The lowest BCUT2D eigenvalue weighted by Crippen LogP contribution is -2.47. The number of benzene rings is 2. The number of ether oxygens (including phenoxy) is 2. The van der Waals surface area contributed by atoms with E-state index in [0.717, 1.165) is 32.2 Å². The van der Waals surface area contributed by atoms with Crippen molar-refractivity contribution >= 4 is 27.5 Å². The molecule has 0 bridgehead atoms. The van der Waals surface area contributed by atoms with Crippen LogP contribution in [0.3, 0.4) is 0 Å². The Morgan fingerprint density at radius 2 is 1.94 bits per heavy atom. The summed E-state index contributed by atoms with van der Waals surface area (Å²) in [4.78, 5) is 18.5. The Kier molecular flexibility index (Phi) is 6.56. The highest BCUT2D eigenvalue weighted by atomic mass is 19.1. The van der Waals surface area contributed by atoms with Gasteiger partial charge in [0.15, 0.2) is 5.82 Å². The Morgan fingerprint density at radius 1 is 1.08 bits per heavy atom. The molecule has 2 N–H and O–H groups in total. The summed E-state index contributed by atoms with van der Waals surface area (Å²) in [5, 5.41) is 22.4. The summed E-state index contributed by atoms with van der Waals surface area (Å²) in [6.45, 7) is 1.50. The molecule has 5 aliphatic rings. The number of hydrogen-bond donors (Lipinski definition) is 2. The van der Waals surface area contributed by atoms with Crippen molar-refractivity contribution in [1.82, 2.24) is 19.9 Å². The van der Waals surface area contributed by atoms with Gasteiger partial charge in [0.05, 0.1) is 23.2 Å². The lowest BCUT2D eigenvalue weighted by atomic mass is 9.95. The number of nitrogens with zero attached hydrogens (tertiary/aromatic N) is 5. The van der Waals surface area contributed by atoms with Gasteiger partial charge in [0.25, 0.3) is 0 Å². The molecule has 2 unspecified atom stereocenters. The molecule has 9 nitrogen and oxygen atoms in total. The molecule has 4 fully saturated rings. The molecule has 2 aromatic heterocycles. The van der Waals surface area contributed by atoms with Gasteiger partial charge >= 0.3 is 6.01 Å². The summed E-state index contributed by atoms with van der Waals surface area (Å²) < 4.78 is 59.4. The number of pyridine rings is 1. The minimum Gasteiger partial charge on any atom is -0.508 e. The number of alkyl halides is 1. The summed E-state index contributed by atoms with van der Waals surface area (Å²) in [7, 11) is 0. The molecule has 2 aromatic carbocycles. The van der Waals surface area contributed by atoms with E-state index in [1.807, 2.05) is 0 Å². The number of anilines is 1. The number of phenols is 1. The van der Waals surface area contributed by atoms with Gasteiger partial charge in [-0.25, -0.2) is 18.2 Å². The molecule has 0 radical (unpaired) electrons. The van der Waals surface area contributed by atoms with Crippen molar-refractivity contribution in [3.8, 4) is 41.2 Å². The van der Waals surface area contributed by atoms with Gasteiger partial charge in [-0.3, -0.25) is 4.90 Å². The van der Waals surface area contributed by atoms with Crippen LogP contribution in [0.1, 0.15) is 56.9 Å². The zero-order chi connectivity index (χ0) is 32.9. The molecular weight excluding hydrogens is 623 g/mol. The SMILES string of the molecule is C#Cc1c(F)ccc2cc(O)cc(-c3nc4c5c(nc(OC[C@@]67CCCN6C[C@H](F)C7)nc5c3F)N3C(CCC(O)CC35CC5)CO4)c12. The molecule has 6 heterocycles. The van der Waals surface area contributed by atoms with Gasteiger partial charge in [-0.1, -0.05) is 12.0 Å². The van der Waals surface area contributed by atoms with E-state index < -0.39 is 29.4 Å². The number of aromatic hydroxyl groups is 1. The maximum Gasteiger partial charge on any atom is 0.319 e. The smallest absolute Gasteiger partial charge is 0.319 e. The molecule has 1 saturated carbocycles. The second kappa shape index (κ2) is 10.6. The zero-order valence-electron chi connectivity index (χ0n) is 26.2. The van der Waals surface area contributed by atoms with Crippen LogP contribution in [0.15, 0.2) is 24.3 Å². The summed E-state index contributed by atoms with van der Waals surface area (Å²) in [6.07, 6.45) is 9.75. The fraction of sp³-hybridized carbons (Fsp3) is 0.472. The molecule has 1 aliphatic carbocycles. The first-order valence-corrected chi connectivity index (χ1v) is 16.6. The predicted octanol–water partition coefficient (Wildman–Crippen LogP) is 5.41. The number of aliphatic hydroxyl groups excluding tert-OH is 1. The minimum absolute atomic E-state index is 0.0552. The fourth-order valence-electron chi connectivity index (χ4n) is 8.89. The van der Waals surface area contributed by atoms with Gasteiger partial charge in [-0.05, 0) is 75.1 Å². The van der Waals surface area contributed by atoms with E-state index in [0.29, 0.717) is 43.4 Å². The third-order valence-electron chi connectivity index (χ3n) is 11.2. The monoisotopic (exact) mass is 657 g/mol. The molecule has 248 valence electrons. The van der Waals surface area contributed by atoms with Crippen LogP contribution in [-0.4, -0.2) is 85.8 Å². The Balaban J connectivity index is 1.27. The van der Waals surface area contributed by atoms with Gasteiger partial charge in [-0.15, -0.1) is 6.42 Å². The molecule has 4 atom stereocenters. The van der Waals surface area contributed by atoms with E-state index in [4.69, 9.17) is 20.9 Å². The molecule has 4 aromatic rings. The van der Waals surface area contributed by atoms with Crippen LogP contribution < -0.4 is 14.4 Å². The number of hydrogen-bond acceptors (Lipinski definition) is 9. The van der Waals surface area contributed by atoms with Crippen LogP contribution in [0.5, 0.6) is 17.6 Å². The predicted molar refractivity (Wildman–Crippen MR) is 172 cm³/mol. The van der Waals surface area contributed by atoms with Crippen molar-refractivity contribution < 1.29 is 32.9 Å². The highest BCUT2D eigenvalue weighted by Crippen LogP contribution is 2.54. The Labute approximate surface area is 274 Å². The number of rotatable bonds is 4. The highest BCUT2D eigenvalue weighted by molar-refractivity contribution is 6.04. The lowest BCUT2D eigenvalue weighted by molar-refractivity contribution is 0.107. The van der Waals surface area contributed by atoms with Crippen molar-refractivity contribution in [2.45, 2.75) is 80.8 Å². The van der Waals surface area contributed by atoms with E-state index in [-0.39, 0.29) is 75.5 Å². The van der Waals surface area contributed by atoms with Gasteiger partial charge in [0.1, 0.15) is 53.4 Å². The number of halogens is 3. The second-order valence-electron chi connectivity index (χ2n) is 14.1. The Morgan fingerprint density at radius 3 is 2.75 bits per heavy atom. The molecule has 9 rings (SSSR count). The van der Waals surface area contributed by atoms with Gasteiger partial charge < -0.3 is 24.6 Å². The molecule has 1 spiro atoms. The number of aliphatic hydroxyl groups is 1. The zero-order valence-corrected chi connectivity index (χ0v) is 26.2. The summed E-state index contributed by atoms with van der Waals surface area (Å²) in [6, 6.07) is 5.16. The number of terminal acetylenes is 1. The fourth-order valence-corrected chi connectivity index (χ4v) is 8.89. The van der Waals surface area contributed by atoms with Crippen molar-refractivity contribution in [2.24, 2.45) is 0 Å². The van der Waals surface area contributed by atoms with E-state index >= 15 is 4.39 Å². The first kappa shape index (κ1) is 29.8. The first-order chi connectivity index (χ1) is 23.2. The Hall–Kier alpha value is -4.34. The van der Waals surface area contributed by atoms with Gasteiger partial charge in [-0.2, -0.15) is 9.97 Å². The normalized spacial score (nSPS) is 27.3. The summed E-state index contributed by atoms with van der Waals surface area (Å²) >= 11 is 0. The van der Waals surface area contributed by atoms with Crippen LogP contribution >= 0.6 is 0 Å². The maximum atomic E-state index is 17.2. The molecule has 48 heavy (non-hydrogen) atoms. The lowest BCUT2D eigenvalue weighted by Gasteiger charge is -2.37. The average molecular weight is 658 g/mol. The van der Waals surface area contributed by atoms with E-state index in [1.54, 1.807) is 0 Å². The quantitative estimate of drug-likeness (QED) is 0.279. The standard InChI is InChI=1S/C36H34F3N5O4/c1-2-24-26(38)7-4-19-12-23(46)13-25(27(19)24)30-29(39)31-28-32(42-34(41-31)48-18-36-8-3-11-43(36)16-20(37)14-36)44-21(17-47-33(28)40-30)5-6-22(45)15-35(44)9-10-35/h1,4,7,12-13,20-22,45-46H,3,5-6,8-11,14-18H2/t20-,21?,22?,36+/m1/s1. The minimum atomic E-state index is -0.948. The van der Waals surface area contributed by atoms with Crippen molar-refractivity contribution in [1.29, 1.82) is 0 Å². The van der Waals surface area contributed by atoms with Crippen molar-refractivity contribution in [2.75, 3.05) is 31.2 Å². The molecule has 4 aliphatic heterocycles. The molecule has 3 saturated heterocycles. The molecule has 0 amide bonds. The largest absolute Gasteiger partial charge is 0.508 e. The Bertz CT molecular complexity index is 2050. The highest BCUT2D eigenvalue weighted by Gasteiger charge is 2.55. The van der Waals surface area contributed by atoms with Crippen LogP contribution in [0.25, 0.3) is 32.9 Å². The van der Waals surface area contributed by atoms with Crippen LogP contribution in [0.2, 0.25) is 0 Å². The van der Waals surface area contributed by atoms with E-state index in [1.165, 1.54) is 24.3 Å². The average Bonchev–Trinajstić information content (AvgIpc) is 3.69. The van der Waals surface area contributed by atoms with Crippen LogP contribution in [0, 0.1) is 24.0 Å². The third-order valence-corrected chi connectivity index (χ3v) is 11.2. The van der Waals surface area contributed by atoms with Crippen molar-refractivity contribution in [3.05, 3.63) is 41.5 Å². The topological polar surface area (TPSA) is 104 Å². The molecular formula is C36H34F3N5O4. The molecule has 12 heteroatoms.